The average molecular weight is 1790 g/mol. The third kappa shape index (κ3) is 29.1. The van der Waals surface area contributed by atoms with Crippen molar-refractivity contribution in [2.24, 2.45) is 23.7 Å². The molecule has 130 heavy (non-hydrogen) atoms. The van der Waals surface area contributed by atoms with Crippen LogP contribution in [0.15, 0.2) is 182 Å². The Kier molecular flexibility index (Phi) is 39.4. The Labute approximate surface area is 766 Å². The Balaban J connectivity index is 1.19. The number of likely N-dealkylation sites (N-methyl/N-ethyl adjacent to an activating group) is 6. The maximum atomic E-state index is 16.4. The molecule has 0 radical (unpaired) electrons. The van der Waals surface area contributed by atoms with E-state index in [1.165, 1.54) is 68.8 Å². The second-order valence-electron chi connectivity index (χ2n) is 36.5. The number of likely N-dealkylation sites (tertiary alicyclic amines) is 1. The van der Waals surface area contributed by atoms with Crippen LogP contribution in [0.1, 0.15) is 169 Å². The fraction of sp³-hybridized carbons (Fsp3) is 0.500. The highest BCUT2D eigenvalue weighted by Crippen LogP contribution is 2.42. The molecule has 1 saturated heterocycles. The number of piperidine rings is 1. The van der Waals surface area contributed by atoms with E-state index in [1.807, 2.05) is 119 Å². The van der Waals surface area contributed by atoms with Gasteiger partial charge in [0.1, 0.15) is 77.7 Å². The largest absolute Gasteiger partial charge is 0.481 e. The molecule has 1 aliphatic heterocycles. The lowest BCUT2D eigenvalue weighted by Gasteiger charge is -2.41. The minimum atomic E-state index is -1.81. The number of hydrogen-bond acceptors (Lipinski definition) is 16. The second-order valence-corrected chi connectivity index (χ2v) is 36.5. The van der Waals surface area contributed by atoms with Crippen molar-refractivity contribution < 1.29 is 81.7 Å². The summed E-state index contributed by atoms with van der Waals surface area (Å²) in [6.45, 7) is 24.2. The molecule has 1 unspecified atom stereocenters. The summed E-state index contributed by atoms with van der Waals surface area (Å²) in [7, 11) is 8.31. The average Bonchev–Trinajstić information content (AvgIpc) is 0.748. The Morgan fingerprint density at radius 3 is 1.25 bits per heavy atom. The summed E-state index contributed by atoms with van der Waals surface area (Å²) < 4.78 is 13.1. The Morgan fingerprint density at radius 2 is 0.808 bits per heavy atom. The van der Waals surface area contributed by atoms with Crippen molar-refractivity contribution in [3.63, 3.8) is 0 Å². The standard InChI is InChI=1S/C100H137N13O17/c1-63(2)56-78(110(18)96(126)84(65(5)6)105-87(117)68(10)107(15)98(128)130-99(12,13)14)91(121)106-85(69(11)129-100(73-48-34-24-35-49-73,74-50-36-25-37-51-74)75-52-38-26-39-53-75)97(127)111(19)79(59-71-44-30-22-31-45-71)89(119)101-62-82(114)108(16)81(57-64(3)4)95(125)112(20)86(66(7)8)92(122)103-76(58-70-42-28-21-29-43-70)88(118)104-77(61-83(115)116)94(124)109(17)80(60-72-46-32-23-33-47-72)90(120)102-67(9)93(123)113-54-40-27-41-55-113/h21-26,28-39,42-53,63-69,76-81,84-86H,27,40-41,54-62H2,1-20H3,(H,101,119)(H,102,120)(H,103,122)(H,104,118)(H,105,117)(H,106,121)(H,115,116)/t67-,68-,69+,76-,77-,78-,79-,80?,81-,84-,85-,86-/m0/s1. The molecule has 0 aliphatic carbocycles. The van der Waals surface area contributed by atoms with Crippen molar-refractivity contribution in [3.05, 3.63) is 215 Å². The van der Waals surface area contributed by atoms with E-state index in [0.717, 1.165) is 29.1 Å². The molecular weight excluding hydrogens is 1660 g/mol. The van der Waals surface area contributed by atoms with Gasteiger partial charge >= 0.3 is 12.1 Å². The highest BCUT2D eigenvalue weighted by Gasteiger charge is 2.47. The summed E-state index contributed by atoms with van der Waals surface area (Å²) in [5, 5.41) is 27.2. The molecule has 1 heterocycles. The zero-order chi connectivity index (χ0) is 96.2. The molecule has 7 N–H and O–H groups in total. The summed E-state index contributed by atoms with van der Waals surface area (Å²) in [5.41, 5.74) is 1.31. The van der Waals surface area contributed by atoms with E-state index in [-0.39, 0.29) is 49.8 Å². The minimum Gasteiger partial charge on any atom is -0.481 e. The number of nitrogens with one attached hydrogen (secondary N) is 6. The van der Waals surface area contributed by atoms with Crippen LogP contribution in [-0.2, 0) is 96.7 Å². The van der Waals surface area contributed by atoms with Gasteiger partial charge in [0.05, 0.1) is 19.1 Å². The third-order valence-corrected chi connectivity index (χ3v) is 23.6. The van der Waals surface area contributed by atoms with Crippen LogP contribution >= 0.6 is 0 Å². The molecule has 1 aliphatic rings. The van der Waals surface area contributed by atoms with Crippen molar-refractivity contribution >= 4 is 82.9 Å². The predicted molar refractivity (Wildman–Crippen MR) is 496 cm³/mol. The van der Waals surface area contributed by atoms with Gasteiger partial charge in [0.25, 0.3) is 0 Å². The van der Waals surface area contributed by atoms with E-state index < -0.39 is 186 Å². The maximum Gasteiger partial charge on any atom is 0.410 e. The molecule has 13 amide bonds. The molecular formula is C100H137N13O17. The summed E-state index contributed by atoms with van der Waals surface area (Å²) >= 11 is 0. The lowest BCUT2D eigenvalue weighted by molar-refractivity contribution is -0.151. The molecule has 0 bridgehead atoms. The van der Waals surface area contributed by atoms with Crippen molar-refractivity contribution in [2.75, 3.05) is 61.9 Å². The first kappa shape index (κ1) is 105. The number of hydrogen-bond donors (Lipinski definition) is 7. The number of ether oxygens (including phenoxy) is 2. The number of amides is 13. The first-order chi connectivity index (χ1) is 61.4. The van der Waals surface area contributed by atoms with Gasteiger partial charge in [-0.15, -0.1) is 0 Å². The molecule has 12 atom stereocenters. The molecule has 1 fully saturated rings. The van der Waals surface area contributed by atoms with E-state index in [0.29, 0.717) is 46.5 Å². The van der Waals surface area contributed by atoms with Crippen LogP contribution in [0.25, 0.3) is 0 Å². The maximum absolute atomic E-state index is 16.4. The fourth-order valence-corrected chi connectivity index (χ4v) is 16.1. The first-order valence-corrected chi connectivity index (χ1v) is 44.9. The summed E-state index contributed by atoms with van der Waals surface area (Å²) in [6, 6.07) is 39.0. The van der Waals surface area contributed by atoms with Crippen LogP contribution in [0.2, 0.25) is 0 Å². The van der Waals surface area contributed by atoms with Gasteiger partial charge in [0.2, 0.25) is 70.9 Å². The van der Waals surface area contributed by atoms with Gasteiger partial charge in [-0.05, 0) is 131 Å². The van der Waals surface area contributed by atoms with E-state index in [1.54, 1.807) is 158 Å². The zero-order valence-electron chi connectivity index (χ0n) is 79.2. The van der Waals surface area contributed by atoms with Gasteiger partial charge in [-0.3, -0.25) is 67.2 Å². The number of carbonyl (C=O) groups excluding carboxylic acids is 13. The number of carboxylic acids is 1. The van der Waals surface area contributed by atoms with Crippen LogP contribution in [0.5, 0.6) is 0 Å². The predicted octanol–water partition coefficient (Wildman–Crippen LogP) is 8.95. The first-order valence-electron chi connectivity index (χ1n) is 44.9. The lowest BCUT2D eigenvalue weighted by atomic mass is 9.79. The zero-order valence-corrected chi connectivity index (χ0v) is 79.2. The summed E-state index contributed by atoms with van der Waals surface area (Å²) in [6.07, 6.45) is -0.797. The highest BCUT2D eigenvalue weighted by atomic mass is 16.6. The molecule has 0 spiro atoms. The van der Waals surface area contributed by atoms with Gasteiger partial charge in [0.15, 0.2) is 0 Å². The van der Waals surface area contributed by atoms with E-state index >= 15 is 38.4 Å². The van der Waals surface area contributed by atoms with E-state index in [9.17, 15) is 33.9 Å². The monoisotopic (exact) mass is 1790 g/mol. The smallest absolute Gasteiger partial charge is 0.410 e. The number of carbonyl (C=O) groups is 14. The van der Waals surface area contributed by atoms with Crippen molar-refractivity contribution in [1.82, 2.24) is 66.2 Å². The van der Waals surface area contributed by atoms with Crippen LogP contribution in [0, 0.1) is 23.7 Å². The number of aliphatic carboxylic acids is 1. The van der Waals surface area contributed by atoms with Crippen LogP contribution < -0.4 is 31.9 Å². The Hall–Kier alpha value is -12.3. The SMILES string of the molecule is CC(C)C[C@@H](C(=O)N(C)[C@H](C(=O)N[C@@H](Cc1ccccc1)C(=O)N[C@@H](CC(=O)O)C(=O)N(C)C(Cc1ccccc1)C(=O)N[C@@H](C)C(=O)N1CCCCC1)C(C)C)N(C)C(=O)CNC(=O)[C@H](Cc1ccccc1)N(C)C(=O)[C@@H](NC(=O)[C@H](CC(C)C)N(C)C(=O)[C@@H](NC(=O)[C@H](C)N(C)C(=O)OC(C)(C)C)C(C)C)[C@@H](C)OC(c1ccccc1)(c1ccccc1)c1ccccc1. The topological polar surface area (TPSA) is 373 Å². The van der Waals surface area contributed by atoms with Crippen LogP contribution in [0.3, 0.4) is 0 Å². The molecule has 0 saturated carbocycles. The molecule has 0 aromatic heterocycles. The normalized spacial score (nSPS) is 15.1. The number of carboxylic acid groups (broad SMARTS) is 1. The van der Waals surface area contributed by atoms with Crippen molar-refractivity contribution in [3.8, 4) is 0 Å². The van der Waals surface area contributed by atoms with Gasteiger partial charge in [-0.2, -0.15) is 0 Å². The molecule has 6 aromatic carbocycles. The van der Waals surface area contributed by atoms with Gasteiger partial charge in [-0.25, -0.2) is 4.79 Å². The van der Waals surface area contributed by atoms with Crippen molar-refractivity contribution in [2.45, 2.75) is 238 Å². The van der Waals surface area contributed by atoms with Gasteiger partial charge < -0.3 is 75.9 Å². The molecule has 704 valence electrons. The van der Waals surface area contributed by atoms with E-state index in [4.69, 9.17) is 9.47 Å². The summed E-state index contributed by atoms with van der Waals surface area (Å²) in [4.78, 5) is 215. The lowest BCUT2D eigenvalue weighted by Crippen LogP contribution is -2.63. The minimum absolute atomic E-state index is 0.0363. The quantitative estimate of drug-likeness (QED) is 0.0175. The van der Waals surface area contributed by atoms with Gasteiger partial charge in [-0.1, -0.05) is 237 Å². The van der Waals surface area contributed by atoms with E-state index in [2.05, 4.69) is 31.9 Å². The highest BCUT2D eigenvalue weighted by molar-refractivity contribution is 6.00. The van der Waals surface area contributed by atoms with Gasteiger partial charge in [0, 0.05) is 74.6 Å². The molecule has 7 rings (SSSR count). The number of benzene rings is 6. The second kappa shape index (κ2) is 48.9. The fourth-order valence-electron chi connectivity index (χ4n) is 16.1. The van der Waals surface area contributed by atoms with Crippen molar-refractivity contribution in [1.29, 1.82) is 0 Å². The van der Waals surface area contributed by atoms with Crippen LogP contribution in [-0.4, -0.2) is 262 Å². The van der Waals surface area contributed by atoms with Crippen LogP contribution in [0.4, 0.5) is 4.79 Å². The third-order valence-electron chi connectivity index (χ3n) is 23.6. The number of rotatable bonds is 44. The summed E-state index contributed by atoms with van der Waals surface area (Å²) in [5.74, 6) is -12.3. The molecule has 6 aromatic rings. The number of nitrogens with zero attached hydrogens (tertiary/aromatic N) is 7. The molecule has 30 nitrogen and oxygen atoms in total. The Morgan fingerprint density at radius 1 is 0.400 bits per heavy atom. The molecule has 30 heteroatoms. The Bertz CT molecular complexity index is 4670.